The topological polar surface area (TPSA) is 24.1 Å². The van der Waals surface area contributed by atoms with E-state index in [9.17, 15) is 0 Å². The first-order valence-corrected chi connectivity index (χ1v) is 4.46. The number of hydrogen-bond acceptors (Lipinski definition) is 2. The minimum atomic E-state index is 0.500. The monoisotopic (exact) mass is 162 g/mol. The summed E-state index contributed by atoms with van der Waals surface area (Å²) < 4.78 is 0. The smallest absolute Gasteiger partial charge is 0.0447 e. The molecule has 0 spiro atoms. The molecule has 0 amide bonds. The van der Waals surface area contributed by atoms with Gasteiger partial charge in [-0.1, -0.05) is 30.3 Å². The molecular weight excluding hydrogens is 148 g/mol. The Morgan fingerprint density at radius 1 is 1.08 bits per heavy atom. The van der Waals surface area contributed by atoms with Gasteiger partial charge in [-0.25, -0.2) is 0 Å². The first kappa shape index (κ1) is 7.77. The molecule has 0 aliphatic carbocycles. The van der Waals surface area contributed by atoms with Gasteiger partial charge in [0.15, 0.2) is 0 Å². The molecule has 1 atom stereocenters. The van der Waals surface area contributed by atoms with Gasteiger partial charge in [0, 0.05) is 25.7 Å². The lowest BCUT2D eigenvalue weighted by molar-refractivity contribution is 0.430. The third-order valence-electron chi connectivity index (χ3n) is 2.24. The van der Waals surface area contributed by atoms with Crippen molar-refractivity contribution in [2.75, 3.05) is 19.6 Å². The highest BCUT2D eigenvalue weighted by Gasteiger charge is 2.12. The van der Waals surface area contributed by atoms with Crippen LogP contribution >= 0.6 is 0 Å². The molecule has 1 aliphatic rings. The molecule has 1 aliphatic heterocycles. The normalized spacial score (nSPS) is 23.8. The number of hydrogen-bond donors (Lipinski definition) is 2. The fourth-order valence-corrected chi connectivity index (χ4v) is 1.57. The van der Waals surface area contributed by atoms with E-state index in [1.807, 2.05) is 0 Å². The van der Waals surface area contributed by atoms with Crippen molar-refractivity contribution in [3.63, 3.8) is 0 Å². The molecule has 2 rings (SSSR count). The summed E-state index contributed by atoms with van der Waals surface area (Å²) in [6.07, 6.45) is 0. The Hall–Kier alpha value is -0.860. The van der Waals surface area contributed by atoms with Gasteiger partial charge in [0.05, 0.1) is 0 Å². The largest absolute Gasteiger partial charge is 0.314 e. The van der Waals surface area contributed by atoms with Crippen molar-refractivity contribution in [1.29, 1.82) is 0 Å². The van der Waals surface area contributed by atoms with Gasteiger partial charge in [0.25, 0.3) is 0 Å². The van der Waals surface area contributed by atoms with Crippen molar-refractivity contribution < 1.29 is 0 Å². The lowest BCUT2D eigenvalue weighted by Crippen LogP contribution is -2.42. The molecule has 1 heterocycles. The fraction of sp³-hybridized carbons (Fsp3) is 0.400. The van der Waals surface area contributed by atoms with E-state index < -0.39 is 0 Å². The molecule has 2 heteroatoms. The van der Waals surface area contributed by atoms with E-state index in [0.29, 0.717) is 6.04 Å². The van der Waals surface area contributed by atoms with Crippen molar-refractivity contribution in [2.45, 2.75) is 6.04 Å². The van der Waals surface area contributed by atoms with Crippen molar-refractivity contribution in [3.05, 3.63) is 35.9 Å². The standard InChI is InChI=1S/C10H14N2/c1-2-4-9(5-3-1)10-8-11-6-7-12-10/h1-5,10-12H,6-8H2/t10-/m1/s1. The van der Waals surface area contributed by atoms with Crippen LogP contribution in [0.15, 0.2) is 30.3 Å². The lowest BCUT2D eigenvalue weighted by Gasteiger charge is -2.24. The van der Waals surface area contributed by atoms with Gasteiger partial charge in [-0.2, -0.15) is 0 Å². The molecule has 12 heavy (non-hydrogen) atoms. The average Bonchev–Trinajstić information content (AvgIpc) is 2.21. The van der Waals surface area contributed by atoms with E-state index in [0.717, 1.165) is 19.6 Å². The predicted molar refractivity (Wildman–Crippen MR) is 50.1 cm³/mol. The van der Waals surface area contributed by atoms with Crippen LogP contribution in [0, 0.1) is 0 Å². The van der Waals surface area contributed by atoms with Gasteiger partial charge in [-0.3, -0.25) is 0 Å². The van der Waals surface area contributed by atoms with Crippen LogP contribution in [0.3, 0.4) is 0 Å². The van der Waals surface area contributed by atoms with Gasteiger partial charge in [-0.15, -0.1) is 0 Å². The van der Waals surface area contributed by atoms with Crippen LogP contribution in [0.25, 0.3) is 0 Å². The second kappa shape index (κ2) is 3.70. The van der Waals surface area contributed by atoms with Gasteiger partial charge >= 0.3 is 0 Å². The average molecular weight is 162 g/mol. The Morgan fingerprint density at radius 3 is 2.58 bits per heavy atom. The third-order valence-corrected chi connectivity index (χ3v) is 2.24. The van der Waals surface area contributed by atoms with Crippen LogP contribution in [-0.4, -0.2) is 19.6 Å². The summed E-state index contributed by atoms with van der Waals surface area (Å²) in [5.74, 6) is 0. The van der Waals surface area contributed by atoms with E-state index in [-0.39, 0.29) is 0 Å². The molecule has 0 saturated carbocycles. The summed E-state index contributed by atoms with van der Waals surface area (Å²) >= 11 is 0. The highest BCUT2D eigenvalue weighted by molar-refractivity contribution is 5.19. The van der Waals surface area contributed by atoms with E-state index in [4.69, 9.17) is 0 Å². The molecule has 1 fully saturated rings. The van der Waals surface area contributed by atoms with E-state index in [1.54, 1.807) is 0 Å². The van der Waals surface area contributed by atoms with Crippen molar-refractivity contribution in [1.82, 2.24) is 10.6 Å². The summed E-state index contributed by atoms with van der Waals surface area (Å²) in [5.41, 5.74) is 1.38. The highest BCUT2D eigenvalue weighted by Crippen LogP contribution is 2.12. The second-order valence-electron chi connectivity index (χ2n) is 3.12. The molecule has 0 bridgehead atoms. The maximum absolute atomic E-state index is 3.47. The SMILES string of the molecule is c1ccc([C@H]2CNCCN2)cc1. The first-order valence-electron chi connectivity index (χ1n) is 4.46. The van der Waals surface area contributed by atoms with Gasteiger partial charge in [-0.05, 0) is 5.56 Å². The predicted octanol–water partition coefficient (Wildman–Crippen LogP) is 0.920. The molecule has 0 aromatic heterocycles. The Kier molecular flexibility index (Phi) is 2.39. The van der Waals surface area contributed by atoms with Gasteiger partial charge in [0.1, 0.15) is 0 Å². The number of benzene rings is 1. The summed E-state index contributed by atoms with van der Waals surface area (Å²) in [4.78, 5) is 0. The van der Waals surface area contributed by atoms with Crippen molar-refractivity contribution >= 4 is 0 Å². The Balaban J connectivity index is 2.08. The van der Waals surface area contributed by atoms with E-state index in [2.05, 4.69) is 41.0 Å². The number of nitrogens with one attached hydrogen (secondary N) is 2. The second-order valence-corrected chi connectivity index (χ2v) is 3.12. The maximum atomic E-state index is 3.47. The zero-order chi connectivity index (χ0) is 8.23. The first-order chi connectivity index (χ1) is 5.97. The zero-order valence-electron chi connectivity index (χ0n) is 7.09. The molecule has 0 unspecified atom stereocenters. The molecule has 1 aromatic rings. The van der Waals surface area contributed by atoms with Crippen LogP contribution in [0.5, 0.6) is 0 Å². The summed E-state index contributed by atoms with van der Waals surface area (Å²) in [5, 5.41) is 6.84. The minimum Gasteiger partial charge on any atom is -0.314 e. The lowest BCUT2D eigenvalue weighted by atomic mass is 10.1. The maximum Gasteiger partial charge on any atom is 0.0447 e. The van der Waals surface area contributed by atoms with E-state index >= 15 is 0 Å². The highest BCUT2D eigenvalue weighted by atomic mass is 15.0. The molecular formula is C10H14N2. The van der Waals surface area contributed by atoms with Crippen molar-refractivity contribution in [3.8, 4) is 0 Å². The Bertz CT molecular complexity index is 227. The molecule has 2 nitrogen and oxygen atoms in total. The molecule has 1 saturated heterocycles. The Labute approximate surface area is 73.0 Å². The minimum absolute atomic E-state index is 0.500. The van der Waals surface area contributed by atoms with Crippen LogP contribution < -0.4 is 10.6 Å². The van der Waals surface area contributed by atoms with E-state index in [1.165, 1.54) is 5.56 Å². The van der Waals surface area contributed by atoms with Crippen LogP contribution in [0.4, 0.5) is 0 Å². The van der Waals surface area contributed by atoms with Crippen LogP contribution in [0.1, 0.15) is 11.6 Å². The fourth-order valence-electron chi connectivity index (χ4n) is 1.57. The number of rotatable bonds is 1. The summed E-state index contributed by atoms with van der Waals surface area (Å²) in [7, 11) is 0. The van der Waals surface area contributed by atoms with Crippen LogP contribution in [-0.2, 0) is 0 Å². The third kappa shape index (κ3) is 1.65. The molecule has 1 aromatic carbocycles. The van der Waals surface area contributed by atoms with Gasteiger partial charge < -0.3 is 10.6 Å². The van der Waals surface area contributed by atoms with Crippen LogP contribution in [0.2, 0.25) is 0 Å². The Morgan fingerprint density at radius 2 is 1.92 bits per heavy atom. The zero-order valence-corrected chi connectivity index (χ0v) is 7.09. The number of piperazine rings is 1. The molecule has 64 valence electrons. The summed E-state index contributed by atoms with van der Waals surface area (Å²) in [6.45, 7) is 3.20. The molecule has 2 N–H and O–H groups in total. The van der Waals surface area contributed by atoms with Gasteiger partial charge in [0.2, 0.25) is 0 Å². The summed E-state index contributed by atoms with van der Waals surface area (Å²) in [6, 6.07) is 11.1. The van der Waals surface area contributed by atoms with Crippen molar-refractivity contribution in [2.24, 2.45) is 0 Å². The quantitative estimate of drug-likeness (QED) is 0.641. The molecule has 0 radical (unpaired) electrons.